The van der Waals surface area contributed by atoms with Crippen LogP contribution >= 0.6 is 35.1 Å². The van der Waals surface area contributed by atoms with Crippen molar-refractivity contribution in [3.8, 4) is 0 Å². The van der Waals surface area contributed by atoms with Crippen LogP contribution in [-0.2, 0) is 27.1 Å². The molecule has 4 N–H and O–H groups in total. The number of nitrogens with two attached hydrogens (primary N) is 1. The van der Waals surface area contributed by atoms with Crippen molar-refractivity contribution in [1.29, 1.82) is 0 Å². The van der Waals surface area contributed by atoms with Crippen LogP contribution in [0.2, 0.25) is 0 Å². The first-order valence-corrected chi connectivity index (χ1v) is 19.3. The quantitative estimate of drug-likeness (QED) is 0.113. The monoisotopic (exact) mass is 872 g/mol. The molecule has 0 bridgehead atoms. The number of hydrogen-bond acceptors (Lipinski definition) is 14. The first-order valence-electron chi connectivity index (χ1n) is 17.7. The van der Waals surface area contributed by atoms with Crippen LogP contribution in [0, 0.1) is 0 Å². The van der Waals surface area contributed by atoms with Crippen LogP contribution in [0.15, 0.2) is 24.8 Å². The van der Waals surface area contributed by atoms with Gasteiger partial charge in [-0.2, -0.15) is 26.3 Å². The van der Waals surface area contributed by atoms with Gasteiger partial charge in [0, 0.05) is 49.1 Å². The van der Waals surface area contributed by atoms with Crippen molar-refractivity contribution >= 4 is 73.2 Å². The number of anilines is 2. The number of aliphatic hydroxyl groups excluding tert-OH is 1. The molecule has 0 saturated heterocycles. The zero-order chi connectivity index (χ0) is 41.2. The lowest BCUT2D eigenvalue weighted by Gasteiger charge is -2.26. The van der Waals surface area contributed by atoms with E-state index in [1.807, 2.05) is 23.9 Å². The van der Waals surface area contributed by atoms with Crippen LogP contribution < -0.4 is 20.9 Å². The number of carbonyl (C=O) groups is 1. The number of rotatable bonds is 10. The fourth-order valence-electron chi connectivity index (χ4n) is 6.84. The maximum absolute atomic E-state index is 12.9. The lowest BCUT2D eigenvalue weighted by Crippen LogP contribution is -2.44. The summed E-state index contributed by atoms with van der Waals surface area (Å²) >= 11 is 2.04. The number of aromatic nitrogens is 4. The fourth-order valence-corrected chi connectivity index (χ4v) is 8.88. The molecule has 6 rings (SSSR count). The molecule has 2 saturated carbocycles. The molecule has 0 aliphatic heterocycles. The summed E-state index contributed by atoms with van der Waals surface area (Å²) in [5.41, 5.74) is 5.20. The number of amides is 1. The molecule has 1 amide bonds. The largest absolute Gasteiger partial charge is 0.444 e. The zero-order valence-electron chi connectivity index (χ0n) is 32.1. The van der Waals surface area contributed by atoms with Gasteiger partial charge in [0.2, 0.25) is 0 Å². The number of nitrogens with zero attached hydrogens (tertiary/aromatic N) is 6. The molecule has 4 aromatic rings. The van der Waals surface area contributed by atoms with Crippen LogP contribution in [0.5, 0.6) is 0 Å². The molecule has 0 unspecified atom stereocenters. The third-order valence-electron chi connectivity index (χ3n) is 9.37. The summed E-state index contributed by atoms with van der Waals surface area (Å²) in [7, 11) is 5.16. The van der Waals surface area contributed by atoms with E-state index in [2.05, 4.69) is 25.3 Å². The summed E-state index contributed by atoms with van der Waals surface area (Å²) in [6.07, 6.45) is -7.01. The molecule has 0 radical (unpaired) electrons. The van der Waals surface area contributed by atoms with Gasteiger partial charge in [-0.3, -0.25) is 0 Å². The fraction of sp³-hybridized carbons (Fsp3) is 0.629. The second-order valence-electron chi connectivity index (χ2n) is 14.9. The number of fused-ring (bicyclic) bond motifs is 2. The Bertz CT molecular complexity index is 1940. The number of aliphatic hydroxyl groups is 1. The SMILES string of the molecule is CN(c1ncnc2sc(CC(F)(F)F)cc12)[C@H]1C[C@@H](N)[C@H](O)C1.COCO[C@@H]1C[C@@H](N(C)c2ncnc3sc(CC(F)(F)F)cc23)C[C@H]1NC(=O)OC(C)(C)C.Cl. The minimum atomic E-state index is -4.29. The second kappa shape index (κ2) is 18.7. The van der Waals surface area contributed by atoms with Gasteiger partial charge in [-0.15, -0.1) is 35.1 Å². The minimum Gasteiger partial charge on any atom is -0.444 e. The summed E-state index contributed by atoms with van der Waals surface area (Å²) in [6, 6.07) is 2.31. The standard InChI is InChI=1S/C21H29F3N4O4S.C14H17F3N4OS.ClH/c1-20(2,3)32-19(29)27-15-6-12(7-16(15)31-11-30-5)28(4)17-14-8-13(9-21(22,23)24)33-18(14)26-10-25-17;1-21(7-2-10(18)11(22)3-7)12-9-4-8(5-14(15,16)17)23-13(9)20-6-19-12;/h8,10,12,15-16H,6-7,9,11H2,1-5H3,(H,27,29);4,6-7,10-11,22H,2-3,5,18H2,1H3;1H/t12-,15+,16+;7-,10+,11+;/m00./s1. The predicted molar refractivity (Wildman–Crippen MR) is 208 cm³/mol. The highest BCUT2D eigenvalue weighted by Crippen LogP contribution is 2.38. The number of nitrogens with one attached hydrogen (secondary N) is 1. The van der Waals surface area contributed by atoms with Crippen LogP contribution in [0.3, 0.4) is 0 Å². The Labute approximate surface area is 339 Å². The smallest absolute Gasteiger partial charge is 0.407 e. The van der Waals surface area contributed by atoms with Gasteiger partial charge < -0.3 is 40.2 Å². The number of alkyl carbamates (subject to hydrolysis) is 1. The van der Waals surface area contributed by atoms with Gasteiger partial charge in [0.05, 0.1) is 41.9 Å². The van der Waals surface area contributed by atoms with E-state index >= 15 is 0 Å². The number of alkyl halides is 6. The van der Waals surface area contributed by atoms with Gasteiger partial charge in [-0.05, 0) is 58.6 Å². The van der Waals surface area contributed by atoms with Crippen LogP contribution in [0.25, 0.3) is 20.4 Å². The highest BCUT2D eigenvalue weighted by Gasteiger charge is 2.40. The van der Waals surface area contributed by atoms with E-state index in [1.165, 1.54) is 31.9 Å². The van der Waals surface area contributed by atoms with Crippen molar-refractivity contribution in [1.82, 2.24) is 25.3 Å². The van der Waals surface area contributed by atoms with Gasteiger partial charge >= 0.3 is 18.4 Å². The number of hydrogen-bond donors (Lipinski definition) is 3. The molecule has 318 valence electrons. The maximum Gasteiger partial charge on any atom is 0.407 e. The Hall–Kier alpha value is -3.34. The Kier molecular flexibility index (Phi) is 15.2. The van der Waals surface area contributed by atoms with Gasteiger partial charge in [0.15, 0.2) is 0 Å². The zero-order valence-corrected chi connectivity index (χ0v) is 34.5. The molecular weight excluding hydrogens is 826 g/mol. The summed E-state index contributed by atoms with van der Waals surface area (Å²) in [6.45, 7) is 5.41. The molecule has 0 aromatic carbocycles. The Morgan fingerprint density at radius 1 is 0.860 bits per heavy atom. The number of methoxy groups -OCH3 is 1. The minimum absolute atomic E-state index is 0. The van der Waals surface area contributed by atoms with Crippen LogP contribution in [0.1, 0.15) is 56.2 Å². The molecule has 0 spiro atoms. The maximum atomic E-state index is 12.9. The third-order valence-corrected chi connectivity index (χ3v) is 11.5. The van der Waals surface area contributed by atoms with Gasteiger partial charge in [0.25, 0.3) is 0 Å². The van der Waals surface area contributed by atoms with Crippen molar-refractivity contribution in [2.75, 3.05) is 37.8 Å². The molecule has 2 aliphatic carbocycles. The summed E-state index contributed by atoms with van der Waals surface area (Å²) in [5.74, 6) is 1.11. The van der Waals surface area contributed by atoms with Crippen molar-refractivity contribution < 1.29 is 50.5 Å². The number of halogens is 7. The average molecular weight is 873 g/mol. The molecule has 13 nitrogen and oxygen atoms in total. The molecule has 2 aliphatic rings. The molecular formula is C35H47ClF6N8O5S2. The number of carbonyl (C=O) groups excluding carboxylic acids is 1. The van der Waals surface area contributed by atoms with Crippen molar-refractivity contribution in [2.24, 2.45) is 5.73 Å². The van der Waals surface area contributed by atoms with Crippen LogP contribution in [0.4, 0.5) is 42.8 Å². The van der Waals surface area contributed by atoms with Crippen molar-refractivity contribution in [3.63, 3.8) is 0 Å². The van der Waals surface area contributed by atoms with E-state index in [0.717, 1.165) is 22.7 Å². The summed E-state index contributed by atoms with van der Waals surface area (Å²) in [4.78, 5) is 34.3. The van der Waals surface area contributed by atoms with Crippen molar-refractivity contribution in [2.45, 2.75) is 114 Å². The van der Waals surface area contributed by atoms with Crippen LogP contribution in [-0.4, -0.2) is 113 Å². The van der Waals surface area contributed by atoms with E-state index in [4.69, 9.17) is 19.9 Å². The molecule has 57 heavy (non-hydrogen) atoms. The molecule has 6 atom stereocenters. The van der Waals surface area contributed by atoms with Gasteiger partial charge in [-0.25, -0.2) is 24.7 Å². The van der Waals surface area contributed by atoms with E-state index in [0.29, 0.717) is 57.8 Å². The highest BCUT2D eigenvalue weighted by atomic mass is 35.5. The Balaban J connectivity index is 0.000000263. The van der Waals surface area contributed by atoms with Gasteiger partial charge in [0.1, 0.15) is 46.3 Å². The lowest BCUT2D eigenvalue weighted by molar-refractivity contribution is -0.127. The highest BCUT2D eigenvalue weighted by molar-refractivity contribution is 7.19. The molecule has 4 heterocycles. The summed E-state index contributed by atoms with van der Waals surface area (Å²) in [5, 5.41) is 13.9. The van der Waals surface area contributed by atoms with E-state index in [9.17, 15) is 36.2 Å². The topological polar surface area (TPSA) is 161 Å². The Morgan fingerprint density at radius 2 is 1.35 bits per heavy atom. The normalized spacial score (nSPS) is 22.6. The third kappa shape index (κ3) is 12.6. The summed E-state index contributed by atoms with van der Waals surface area (Å²) < 4.78 is 92.5. The van der Waals surface area contributed by atoms with Gasteiger partial charge in [-0.1, -0.05) is 0 Å². The first-order chi connectivity index (χ1) is 26.1. The van der Waals surface area contributed by atoms with E-state index < -0.39 is 43.0 Å². The van der Waals surface area contributed by atoms with Crippen molar-refractivity contribution in [3.05, 3.63) is 34.5 Å². The average Bonchev–Trinajstić information content (AvgIpc) is 3.85. The van der Waals surface area contributed by atoms with E-state index in [1.54, 1.807) is 20.8 Å². The number of ether oxygens (including phenoxy) is 3. The first kappa shape index (κ1) is 46.4. The molecule has 2 fully saturated rings. The number of thiophene rings is 2. The lowest BCUT2D eigenvalue weighted by atomic mass is 10.2. The predicted octanol–water partition coefficient (Wildman–Crippen LogP) is 6.78. The molecule has 4 aromatic heterocycles. The second-order valence-corrected chi connectivity index (χ2v) is 17.1. The van der Waals surface area contributed by atoms with E-state index in [-0.39, 0.29) is 59.2 Å². The Morgan fingerprint density at radius 3 is 1.77 bits per heavy atom. The molecule has 22 heteroatoms.